The van der Waals surface area contributed by atoms with Gasteiger partial charge in [-0.15, -0.1) is 0 Å². The number of likely N-dealkylation sites (tertiary alicyclic amines) is 1. The summed E-state index contributed by atoms with van der Waals surface area (Å²) in [4.78, 5) is 15.4. The predicted octanol–water partition coefficient (Wildman–Crippen LogP) is 2.39. The standard InChI is InChI=1S/C18H27F2N3O/c1-13(10-18(24)22(2)3)21-14-6-5-9-23(11-14)12-15-16(19)7-4-8-17(15)20/h4,7-8,13-14,21H,5-6,9-12H2,1-3H3/t13-,14+/m0/s1. The molecule has 1 amide bonds. The first-order valence-corrected chi connectivity index (χ1v) is 8.48. The number of piperidine rings is 1. The van der Waals surface area contributed by atoms with Crippen molar-refractivity contribution >= 4 is 5.91 Å². The molecule has 0 aromatic heterocycles. The van der Waals surface area contributed by atoms with E-state index >= 15 is 0 Å². The second-order valence-corrected chi connectivity index (χ2v) is 6.83. The van der Waals surface area contributed by atoms with Gasteiger partial charge >= 0.3 is 0 Å². The van der Waals surface area contributed by atoms with E-state index in [4.69, 9.17) is 0 Å². The van der Waals surface area contributed by atoms with E-state index in [1.807, 2.05) is 6.92 Å². The Morgan fingerprint density at radius 2 is 2.04 bits per heavy atom. The predicted molar refractivity (Wildman–Crippen MR) is 90.6 cm³/mol. The van der Waals surface area contributed by atoms with Crippen molar-refractivity contribution in [2.45, 2.75) is 44.8 Å². The van der Waals surface area contributed by atoms with Crippen molar-refractivity contribution in [1.82, 2.24) is 15.1 Å². The maximum atomic E-state index is 13.8. The number of rotatable bonds is 6. The number of nitrogens with zero attached hydrogens (tertiary/aromatic N) is 2. The summed E-state index contributed by atoms with van der Waals surface area (Å²) in [5.41, 5.74) is 0.133. The van der Waals surface area contributed by atoms with Gasteiger partial charge in [0, 0.05) is 51.3 Å². The van der Waals surface area contributed by atoms with Gasteiger partial charge < -0.3 is 10.2 Å². The second-order valence-electron chi connectivity index (χ2n) is 6.83. The van der Waals surface area contributed by atoms with Gasteiger partial charge in [0.25, 0.3) is 0 Å². The van der Waals surface area contributed by atoms with Crippen LogP contribution in [0.1, 0.15) is 31.7 Å². The van der Waals surface area contributed by atoms with Crippen molar-refractivity contribution in [3.05, 3.63) is 35.4 Å². The highest BCUT2D eigenvalue weighted by atomic mass is 19.1. The van der Waals surface area contributed by atoms with E-state index in [0.717, 1.165) is 25.9 Å². The van der Waals surface area contributed by atoms with Gasteiger partial charge in [-0.2, -0.15) is 0 Å². The van der Waals surface area contributed by atoms with E-state index in [1.165, 1.54) is 18.2 Å². The third kappa shape index (κ3) is 5.24. The van der Waals surface area contributed by atoms with Gasteiger partial charge in [0.2, 0.25) is 5.91 Å². The van der Waals surface area contributed by atoms with E-state index in [0.29, 0.717) is 6.42 Å². The molecule has 2 rings (SSSR count). The molecule has 1 aliphatic heterocycles. The summed E-state index contributed by atoms with van der Waals surface area (Å²) in [6.45, 7) is 3.84. The molecule has 1 saturated heterocycles. The van der Waals surface area contributed by atoms with Crippen LogP contribution in [0.2, 0.25) is 0 Å². The van der Waals surface area contributed by atoms with Crippen LogP contribution >= 0.6 is 0 Å². The Morgan fingerprint density at radius 3 is 2.67 bits per heavy atom. The molecule has 2 atom stereocenters. The molecule has 0 spiro atoms. The number of benzene rings is 1. The van der Waals surface area contributed by atoms with Gasteiger partial charge in [-0.3, -0.25) is 9.69 Å². The summed E-state index contributed by atoms with van der Waals surface area (Å²) in [5, 5.41) is 3.47. The Morgan fingerprint density at radius 1 is 1.38 bits per heavy atom. The number of carbonyl (C=O) groups is 1. The van der Waals surface area contributed by atoms with Crippen molar-refractivity contribution in [2.75, 3.05) is 27.2 Å². The normalized spacial score (nSPS) is 20.0. The molecule has 1 aromatic rings. The molecule has 0 aliphatic carbocycles. The number of amides is 1. The highest BCUT2D eigenvalue weighted by Gasteiger charge is 2.23. The molecule has 0 bridgehead atoms. The Labute approximate surface area is 142 Å². The molecule has 1 aromatic carbocycles. The van der Waals surface area contributed by atoms with Crippen LogP contribution in [-0.4, -0.2) is 55.0 Å². The first kappa shape index (κ1) is 18.8. The maximum Gasteiger partial charge on any atom is 0.223 e. The molecule has 0 radical (unpaired) electrons. The van der Waals surface area contributed by atoms with Crippen molar-refractivity contribution in [3.8, 4) is 0 Å². The van der Waals surface area contributed by atoms with Crippen molar-refractivity contribution in [2.24, 2.45) is 0 Å². The fraction of sp³-hybridized carbons (Fsp3) is 0.611. The van der Waals surface area contributed by atoms with Gasteiger partial charge in [0.05, 0.1) is 0 Å². The lowest BCUT2D eigenvalue weighted by Gasteiger charge is -2.35. The van der Waals surface area contributed by atoms with Gasteiger partial charge in [-0.25, -0.2) is 8.78 Å². The van der Waals surface area contributed by atoms with Crippen molar-refractivity contribution in [1.29, 1.82) is 0 Å². The largest absolute Gasteiger partial charge is 0.349 e. The Hall–Kier alpha value is -1.53. The third-order valence-corrected chi connectivity index (χ3v) is 4.45. The first-order valence-electron chi connectivity index (χ1n) is 8.48. The fourth-order valence-corrected chi connectivity index (χ4v) is 3.15. The van der Waals surface area contributed by atoms with Crippen LogP contribution in [0.4, 0.5) is 8.78 Å². The highest BCUT2D eigenvalue weighted by Crippen LogP contribution is 2.18. The van der Waals surface area contributed by atoms with Crippen LogP contribution in [0.3, 0.4) is 0 Å². The molecular formula is C18H27F2N3O. The van der Waals surface area contributed by atoms with Crippen LogP contribution in [0, 0.1) is 11.6 Å². The lowest BCUT2D eigenvalue weighted by Crippen LogP contribution is -2.49. The number of halogens is 2. The minimum Gasteiger partial charge on any atom is -0.349 e. The Kier molecular flexibility index (Phi) is 6.69. The Bertz CT molecular complexity index is 545. The zero-order chi connectivity index (χ0) is 17.7. The molecule has 134 valence electrons. The molecule has 1 aliphatic rings. The minimum absolute atomic E-state index is 0.0787. The molecule has 0 saturated carbocycles. The quantitative estimate of drug-likeness (QED) is 0.864. The van der Waals surface area contributed by atoms with Crippen molar-refractivity contribution < 1.29 is 13.6 Å². The van der Waals surface area contributed by atoms with E-state index in [1.54, 1.807) is 19.0 Å². The zero-order valence-corrected chi connectivity index (χ0v) is 14.7. The molecular weight excluding hydrogens is 312 g/mol. The second kappa shape index (κ2) is 8.53. The van der Waals surface area contributed by atoms with Crippen LogP contribution in [-0.2, 0) is 11.3 Å². The molecule has 4 nitrogen and oxygen atoms in total. The number of hydrogen-bond donors (Lipinski definition) is 1. The van der Waals surface area contributed by atoms with Gasteiger partial charge in [0.15, 0.2) is 0 Å². The molecule has 6 heteroatoms. The molecule has 1 fully saturated rings. The minimum atomic E-state index is -0.491. The molecule has 1 N–H and O–H groups in total. The third-order valence-electron chi connectivity index (χ3n) is 4.45. The first-order chi connectivity index (χ1) is 11.4. The van der Waals surface area contributed by atoms with E-state index in [-0.39, 0.29) is 30.1 Å². The maximum absolute atomic E-state index is 13.8. The van der Waals surface area contributed by atoms with E-state index in [9.17, 15) is 13.6 Å². The number of carbonyl (C=O) groups excluding carboxylic acids is 1. The SMILES string of the molecule is C[C@@H](CC(=O)N(C)C)N[C@@H]1CCCN(Cc2c(F)cccc2F)C1. The number of nitrogens with one attached hydrogen (secondary N) is 1. The van der Waals surface area contributed by atoms with Gasteiger partial charge in [-0.05, 0) is 38.4 Å². The Balaban J connectivity index is 1.89. The molecule has 1 heterocycles. The summed E-state index contributed by atoms with van der Waals surface area (Å²) in [6, 6.07) is 4.30. The van der Waals surface area contributed by atoms with Crippen LogP contribution < -0.4 is 5.32 Å². The van der Waals surface area contributed by atoms with Gasteiger partial charge in [0.1, 0.15) is 11.6 Å². The summed E-state index contributed by atoms with van der Waals surface area (Å²) < 4.78 is 27.6. The summed E-state index contributed by atoms with van der Waals surface area (Å²) in [6.07, 6.45) is 2.43. The fourth-order valence-electron chi connectivity index (χ4n) is 3.15. The summed E-state index contributed by atoms with van der Waals surface area (Å²) in [7, 11) is 3.50. The van der Waals surface area contributed by atoms with E-state index in [2.05, 4.69) is 10.2 Å². The number of hydrogen-bond acceptors (Lipinski definition) is 3. The zero-order valence-electron chi connectivity index (χ0n) is 14.7. The summed E-state index contributed by atoms with van der Waals surface area (Å²) in [5.74, 6) is -0.888. The molecule has 24 heavy (non-hydrogen) atoms. The average molecular weight is 339 g/mol. The van der Waals surface area contributed by atoms with Crippen LogP contribution in [0.25, 0.3) is 0 Å². The molecule has 0 unspecified atom stereocenters. The topological polar surface area (TPSA) is 35.6 Å². The van der Waals surface area contributed by atoms with Crippen LogP contribution in [0.5, 0.6) is 0 Å². The average Bonchev–Trinajstić information content (AvgIpc) is 2.51. The highest BCUT2D eigenvalue weighted by molar-refractivity contribution is 5.76. The summed E-state index contributed by atoms with van der Waals surface area (Å²) >= 11 is 0. The lowest BCUT2D eigenvalue weighted by molar-refractivity contribution is -0.129. The lowest BCUT2D eigenvalue weighted by atomic mass is 10.0. The smallest absolute Gasteiger partial charge is 0.223 e. The van der Waals surface area contributed by atoms with Crippen LogP contribution in [0.15, 0.2) is 18.2 Å². The van der Waals surface area contributed by atoms with Crippen molar-refractivity contribution in [3.63, 3.8) is 0 Å². The van der Waals surface area contributed by atoms with E-state index < -0.39 is 11.6 Å². The van der Waals surface area contributed by atoms with Gasteiger partial charge in [-0.1, -0.05) is 6.07 Å². The monoisotopic (exact) mass is 339 g/mol.